The third kappa shape index (κ3) is 3.01. The quantitative estimate of drug-likeness (QED) is 0.895. The van der Waals surface area contributed by atoms with Crippen LogP contribution in [0.1, 0.15) is 30.4 Å². The molecule has 1 aliphatic rings. The summed E-state index contributed by atoms with van der Waals surface area (Å²) in [5, 5.41) is 0. The molecule has 1 aromatic rings. The van der Waals surface area contributed by atoms with E-state index < -0.39 is 0 Å². The van der Waals surface area contributed by atoms with Crippen LogP contribution in [0.15, 0.2) is 24.3 Å². The van der Waals surface area contributed by atoms with Gasteiger partial charge in [0, 0.05) is 18.6 Å². The Kier molecular flexibility index (Phi) is 4.99. The highest BCUT2D eigenvalue weighted by Gasteiger charge is 2.39. The van der Waals surface area contributed by atoms with Crippen LogP contribution in [0.2, 0.25) is 0 Å². The van der Waals surface area contributed by atoms with Crippen LogP contribution >= 0.6 is 12.4 Å². The molecule has 1 aromatic carbocycles. The zero-order chi connectivity index (χ0) is 11.6. The van der Waals surface area contributed by atoms with Crippen molar-refractivity contribution < 1.29 is 0 Å². The Morgan fingerprint density at radius 1 is 1.35 bits per heavy atom. The molecule has 3 heteroatoms. The summed E-state index contributed by atoms with van der Waals surface area (Å²) in [5.74, 6) is 0. The van der Waals surface area contributed by atoms with E-state index in [1.807, 2.05) is 0 Å². The van der Waals surface area contributed by atoms with Gasteiger partial charge in [0.05, 0.1) is 0 Å². The van der Waals surface area contributed by atoms with Gasteiger partial charge in [-0.15, -0.1) is 12.4 Å². The summed E-state index contributed by atoms with van der Waals surface area (Å²) in [7, 11) is 2.20. The lowest BCUT2D eigenvalue weighted by atomic mass is 9.75. The van der Waals surface area contributed by atoms with Crippen LogP contribution in [0.25, 0.3) is 0 Å². The van der Waals surface area contributed by atoms with Crippen molar-refractivity contribution in [3.63, 3.8) is 0 Å². The lowest BCUT2D eigenvalue weighted by Crippen LogP contribution is -2.56. The van der Waals surface area contributed by atoms with Gasteiger partial charge >= 0.3 is 0 Å². The fourth-order valence-electron chi connectivity index (χ4n) is 2.58. The van der Waals surface area contributed by atoms with E-state index in [0.29, 0.717) is 0 Å². The van der Waals surface area contributed by atoms with E-state index in [1.54, 1.807) is 0 Å². The van der Waals surface area contributed by atoms with E-state index in [0.717, 1.165) is 13.1 Å². The van der Waals surface area contributed by atoms with Crippen LogP contribution in [0.4, 0.5) is 0 Å². The van der Waals surface area contributed by atoms with Crippen molar-refractivity contribution in [2.75, 3.05) is 13.6 Å². The number of nitrogens with zero attached hydrogens (tertiary/aromatic N) is 1. The molecule has 0 unspecified atom stereocenters. The SMILES string of the molecule is Cc1cccc(CN(C)C2(CN)CCC2)c1.Cl. The zero-order valence-electron chi connectivity index (χ0n) is 10.8. The van der Waals surface area contributed by atoms with Crippen molar-refractivity contribution in [3.05, 3.63) is 35.4 Å². The molecule has 2 nitrogen and oxygen atoms in total. The molecule has 0 saturated heterocycles. The fraction of sp³-hybridized carbons (Fsp3) is 0.571. The third-order valence-electron chi connectivity index (χ3n) is 3.98. The molecule has 96 valence electrons. The summed E-state index contributed by atoms with van der Waals surface area (Å²) < 4.78 is 0. The molecule has 0 radical (unpaired) electrons. The lowest BCUT2D eigenvalue weighted by molar-refractivity contribution is 0.0398. The highest BCUT2D eigenvalue weighted by molar-refractivity contribution is 5.85. The van der Waals surface area contributed by atoms with Gasteiger partial charge in [-0.05, 0) is 38.8 Å². The summed E-state index contributed by atoms with van der Waals surface area (Å²) in [4.78, 5) is 2.44. The Morgan fingerprint density at radius 3 is 2.53 bits per heavy atom. The molecule has 0 aromatic heterocycles. The summed E-state index contributed by atoms with van der Waals surface area (Å²) in [6.07, 6.45) is 3.84. The van der Waals surface area contributed by atoms with Gasteiger partial charge in [-0.3, -0.25) is 4.90 Å². The maximum atomic E-state index is 5.91. The molecule has 0 amide bonds. The van der Waals surface area contributed by atoms with Crippen molar-refractivity contribution >= 4 is 12.4 Å². The summed E-state index contributed by atoms with van der Waals surface area (Å²) in [5.41, 5.74) is 8.92. The van der Waals surface area contributed by atoms with Crippen LogP contribution in [0.5, 0.6) is 0 Å². The number of likely N-dealkylation sites (N-methyl/N-ethyl adjacent to an activating group) is 1. The van der Waals surface area contributed by atoms with Gasteiger partial charge in [-0.1, -0.05) is 29.8 Å². The Bertz CT molecular complexity index is 355. The molecule has 1 fully saturated rings. The maximum absolute atomic E-state index is 5.91. The second-order valence-corrected chi connectivity index (χ2v) is 5.13. The first-order valence-electron chi connectivity index (χ1n) is 6.13. The summed E-state index contributed by atoms with van der Waals surface area (Å²) >= 11 is 0. The zero-order valence-corrected chi connectivity index (χ0v) is 11.6. The predicted molar refractivity (Wildman–Crippen MR) is 75.5 cm³/mol. The van der Waals surface area contributed by atoms with Gasteiger partial charge in [-0.2, -0.15) is 0 Å². The van der Waals surface area contributed by atoms with E-state index in [9.17, 15) is 0 Å². The van der Waals surface area contributed by atoms with E-state index in [1.165, 1.54) is 30.4 Å². The van der Waals surface area contributed by atoms with Crippen molar-refractivity contribution in [1.29, 1.82) is 0 Å². The van der Waals surface area contributed by atoms with E-state index in [-0.39, 0.29) is 17.9 Å². The predicted octanol–water partition coefficient (Wildman–Crippen LogP) is 2.73. The number of benzene rings is 1. The number of hydrogen-bond acceptors (Lipinski definition) is 2. The molecule has 0 atom stereocenters. The van der Waals surface area contributed by atoms with Gasteiger partial charge in [0.2, 0.25) is 0 Å². The highest BCUT2D eigenvalue weighted by atomic mass is 35.5. The average molecular weight is 255 g/mol. The average Bonchev–Trinajstić information content (AvgIpc) is 2.16. The summed E-state index contributed by atoms with van der Waals surface area (Å²) in [6.45, 7) is 3.94. The third-order valence-corrected chi connectivity index (χ3v) is 3.98. The molecule has 0 aliphatic heterocycles. The van der Waals surface area contributed by atoms with Crippen molar-refractivity contribution in [2.45, 2.75) is 38.3 Å². The first-order valence-corrected chi connectivity index (χ1v) is 6.13. The van der Waals surface area contributed by atoms with Gasteiger partial charge in [0.15, 0.2) is 0 Å². The van der Waals surface area contributed by atoms with Crippen molar-refractivity contribution in [1.82, 2.24) is 4.90 Å². The minimum Gasteiger partial charge on any atom is -0.329 e. The Hall–Kier alpha value is -0.570. The topological polar surface area (TPSA) is 29.3 Å². The molecule has 0 spiro atoms. The molecule has 2 N–H and O–H groups in total. The molecule has 17 heavy (non-hydrogen) atoms. The van der Waals surface area contributed by atoms with E-state index >= 15 is 0 Å². The van der Waals surface area contributed by atoms with Crippen LogP contribution in [0.3, 0.4) is 0 Å². The monoisotopic (exact) mass is 254 g/mol. The molecule has 1 saturated carbocycles. The minimum atomic E-state index is 0. The number of hydrogen-bond donors (Lipinski definition) is 1. The molecular weight excluding hydrogens is 232 g/mol. The van der Waals surface area contributed by atoms with Crippen molar-refractivity contribution in [3.8, 4) is 0 Å². The smallest absolute Gasteiger partial charge is 0.0332 e. The number of nitrogens with two attached hydrogens (primary N) is 1. The van der Waals surface area contributed by atoms with Gasteiger partial charge < -0.3 is 5.73 Å². The number of rotatable bonds is 4. The summed E-state index contributed by atoms with van der Waals surface area (Å²) in [6, 6.07) is 8.74. The minimum absolute atomic E-state index is 0. The number of halogens is 1. The Balaban J connectivity index is 0.00000144. The van der Waals surface area contributed by atoms with Crippen LogP contribution in [0, 0.1) is 6.92 Å². The van der Waals surface area contributed by atoms with E-state index in [4.69, 9.17) is 5.73 Å². The molecule has 2 rings (SSSR count). The normalized spacial score (nSPS) is 17.4. The molecular formula is C14H23ClN2. The Morgan fingerprint density at radius 2 is 2.06 bits per heavy atom. The molecule has 0 heterocycles. The maximum Gasteiger partial charge on any atom is 0.0332 e. The largest absolute Gasteiger partial charge is 0.329 e. The standard InChI is InChI=1S/C14H22N2.ClH/c1-12-5-3-6-13(9-12)10-16(2)14(11-15)7-4-8-14;/h3,5-6,9H,4,7-8,10-11,15H2,1-2H3;1H. The second kappa shape index (κ2) is 5.85. The lowest BCUT2D eigenvalue weighted by Gasteiger charge is -2.48. The second-order valence-electron chi connectivity index (χ2n) is 5.13. The first-order chi connectivity index (χ1) is 7.66. The molecule has 1 aliphatic carbocycles. The van der Waals surface area contributed by atoms with Crippen LogP contribution in [-0.4, -0.2) is 24.0 Å². The Labute approximate surface area is 111 Å². The molecule has 0 bridgehead atoms. The van der Waals surface area contributed by atoms with Gasteiger partial charge in [0.25, 0.3) is 0 Å². The van der Waals surface area contributed by atoms with Gasteiger partial charge in [0.1, 0.15) is 0 Å². The first kappa shape index (κ1) is 14.5. The van der Waals surface area contributed by atoms with Crippen LogP contribution in [-0.2, 0) is 6.54 Å². The fourth-order valence-corrected chi connectivity index (χ4v) is 2.58. The van der Waals surface area contributed by atoms with Gasteiger partial charge in [-0.25, -0.2) is 0 Å². The van der Waals surface area contributed by atoms with Crippen molar-refractivity contribution in [2.24, 2.45) is 5.73 Å². The number of aryl methyl sites for hydroxylation is 1. The highest BCUT2D eigenvalue weighted by Crippen LogP contribution is 2.36. The van der Waals surface area contributed by atoms with E-state index in [2.05, 4.69) is 43.1 Å². The van der Waals surface area contributed by atoms with Crippen LogP contribution < -0.4 is 5.73 Å².